The Balaban J connectivity index is 2.13. The van der Waals surface area contributed by atoms with Crippen LogP contribution in [0.3, 0.4) is 0 Å². The molecule has 0 unspecified atom stereocenters. The molecule has 0 fully saturated rings. The molecule has 0 atom stereocenters. The molecule has 0 saturated heterocycles. The highest BCUT2D eigenvalue weighted by Crippen LogP contribution is 2.30. The maximum absolute atomic E-state index is 5.86. The average molecular weight is 304 g/mol. The van der Waals surface area contributed by atoms with Crippen molar-refractivity contribution in [3.05, 3.63) is 45.4 Å². The largest absolute Gasteiger partial charge is 0.486 e. The first kappa shape index (κ1) is 16.0. The first-order chi connectivity index (χ1) is 9.90. The van der Waals surface area contributed by atoms with E-state index in [1.807, 2.05) is 25.2 Å². The molecule has 0 spiro atoms. The smallest absolute Gasteiger partial charge is 0.140 e. The van der Waals surface area contributed by atoms with E-state index < -0.39 is 0 Å². The van der Waals surface area contributed by atoms with Crippen LogP contribution in [0, 0.1) is 6.92 Å². The van der Waals surface area contributed by atoms with Crippen LogP contribution in [0.2, 0.25) is 0 Å². The van der Waals surface area contributed by atoms with E-state index in [-0.39, 0.29) is 5.41 Å². The molecule has 0 bridgehead atoms. The summed E-state index contributed by atoms with van der Waals surface area (Å²) in [4.78, 5) is 6.09. The number of nitrogens with zero attached hydrogens (tertiary/aromatic N) is 1. The Labute approximate surface area is 131 Å². The molecule has 0 radical (unpaired) electrons. The lowest BCUT2D eigenvalue weighted by molar-refractivity contribution is 0.304. The summed E-state index contributed by atoms with van der Waals surface area (Å²) in [6.45, 7) is 10.1. The monoisotopic (exact) mass is 304 g/mol. The molecule has 3 nitrogen and oxygen atoms in total. The minimum Gasteiger partial charge on any atom is -0.486 e. The molecule has 21 heavy (non-hydrogen) atoms. The summed E-state index contributed by atoms with van der Waals surface area (Å²) in [6, 6.07) is 8.12. The quantitative estimate of drug-likeness (QED) is 0.905. The molecule has 0 saturated carbocycles. The van der Waals surface area contributed by atoms with E-state index in [1.165, 1.54) is 16.1 Å². The average Bonchev–Trinajstić information content (AvgIpc) is 2.80. The van der Waals surface area contributed by atoms with E-state index in [9.17, 15) is 0 Å². The van der Waals surface area contributed by atoms with Crippen molar-refractivity contribution >= 4 is 11.3 Å². The number of hydrogen-bond donors (Lipinski definition) is 1. The van der Waals surface area contributed by atoms with Gasteiger partial charge in [-0.2, -0.15) is 0 Å². The van der Waals surface area contributed by atoms with Crippen LogP contribution < -0.4 is 10.1 Å². The van der Waals surface area contributed by atoms with E-state index in [0.29, 0.717) is 6.61 Å². The molecule has 0 aliphatic heterocycles. The van der Waals surface area contributed by atoms with Gasteiger partial charge in [-0.25, -0.2) is 4.98 Å². The molecule has 114 valence electrons. The third-order valence-electron chi connectivity index (χ3n) is 3.14. The third kappa shape index (κ3) is 4.29. The van der Waals surface area contributed by atoms with Gasteiger partial charge in [0.2, 0.25) is 0 Å². The number of thiazole rings is 1. The predicted octanol–water partition coefficient (Wildman–Crippen LogP) is 4.05. The van der Waals surface area contributed by atoms with Crippen molar-refractivity contribution in [2.45, 2.75) is 46.3 Å². The van der Waals surface area contributed by atoms with Crippen LogP contribution in [0.5, 0.6) is 5.75 Å². The Bertz CT molecular complexity index is 599. The molecule has 0 aliphatic carbocycles. The second kappa shape index (κ2) is 6.58. The molecule has 1 heterocycles. The number of benzene rings is 1. The molecular formula is C17H24N2OS. The number of aromatic nitrogens is 1. The van der Waals surface area contributed by atoms with Crippen LogP contribution in [0.4, 0.5) is 0 Å². The number of aryl methyl sites for hydroxylation is 1. The van der Waals surface area contributed by atoms with Crippen molar-refractivity contribution in [1.29, 1.82) is 0 Å². The molecule has 1 aromatic carbocycles. The SMILES string of the molecule is CNCc1sc(COc2cccc(C)c2)nc1C(C)(C)C. The van der Waals surface area contributed by atoms with E-state index in [0.717, 1.165) is 17.3 Å². The zero-order valence-corrected chi connectivity index (χ0v) is 14.3. The number of nitrogens with one attached hydrogen (secondary N) is 1. The fraction of sp³-hybridized carbons (Fsp3) is 0.471. The van der Waals surface area contributed by atoms with Crippen molar-refractivity contribution in [2.24, 2.45) is 0 Å². The Morgan fingerprint density at radius 2 is 2.05 bits per heavy atom. The highest BCUT2D eigenvalue weighted by molar-refractivity contribution is 7.11. The third-order valence-corrected chi connectivity index (χ3v) is 4.17. The maximum atomic E-state index is 5.86. The standard InChI is InChI=1S/C17H24N2OS/c1-12-7-6-8-13(9-12)20-11-15-19-16(17(2,3)4)14(21-15)10-18-5/h6-9,18H,10-11H2,1-5H3. The summed E-state index contributed by atoms with van der Waals surface area (Å²) in [5, 5.41) is 4.25. The van der Waals surface area contributed by atoms with Crippen molar-refractivity contribution in [3.8, 4) is 5.75 Å². The number of rotatable bonds is 5. The van der Waals surface area contributed by atoms with Gasteiger partial charge in [0, 0.05) is 16.8 Å². The van der Waals surface area contributed by atoms with Crippen LogP contribution in [0.25, 0.3) is 0 Å². The predicted molar refractivity (Wildman–Crippen MR) is 89.1 cm³/mol. The zero-order chi connectivity index (χ0) is 15.5. The summed E-state index contributed by atoms with van der Waals surface area (Å²) in [6.07, 6.45) is 0. The van der Waals surface area contributed by atoms with Gasteiger partial charge in [0.1, 0.15) is 17.4 Å². The van der Waals surface area contributed by atoms with Gasteiger partial charge in [-0.3, -0.25) is 0 Å². The van der Waals surface area contributed by atoms with Crippen LogP contribution in [0.15, 0.2) is 24.3 Å². The fourth-order valence-corrected chi connectivity index (χ4v) is 3.38. The zero-order valence-electron chi connectivity index (χ0n) is 13.5. The van der Waals surface area contributed by atoms with Gasteiger partial charge >= 0.3 is 0 Å². The molecule has 1 N–H and O–H groups in total. The lowest BCUT2D eigenvalue weighted by atomic mass is 9.91. The van der Waals surface area contributed by atoms with Gasteiger partial charge in [-0.1, -0.05) is 32.9 Å². The highest BCUT2D eigenvalue weighted by atomic mass is 32.1. The minimum atomic E-state index is 0.0598. The van der Waals surface area contributed by atoms with Crippen molar-refractivity contribution in [2.75, 3.05) is 7.05 Å². The van der Waals surface area contributed by atoms with Gasteiger partial charge < -0.3 is 10.1 Å². The van der Waals surface area contributed by atoms with Gasteiger partial charge in [-0.15, -0.1) is 11.3 Å². The summed E-state index contributed by atoms with van der Waals surface area (Å²) >= 11 is 1.74. The Morgan fingerprint density at radius 1 is 1.29 bits per heavy atom. The van der Waals surface area contributed by atoms with Gasteiger partial charge in [-0.05, 0) is 31.7 Å². The van der Waals surface area contributed by atoms with E-state index >= 15 is 0 Å². The summed E-state index contributed by atoms with van der Waals surface area (Å²) in [5.74, 6) is 0.901. The van der Waals surface area contributed by atoms with Crippen molar-refractivity contribution < 1.29 is 4.74 Å². The Kier molecular flexibility index (Phi) is 5.01. The number of ether oxygens (including phenoxy) is 1. The lowest BCUT2D eigenvalue weighted by Gasteiger charge is -2.17. The van der Waals surface area contributed by atoms with Crippen molar-refractivity contribution in [1.82, 2.24) is 10.3 Å². The van der Waals surface area contributed by atoms with Crippen LogP contribution >= 0.6 is 11.3 Å². The number of hydrogen-bond acceptors (Lipinski definition) is 4. The van der Waals surface area contributed by atoms with E-state index in [1.54, 1.807) is 11.3 Å². The van der Waals surface area contributed by atoms with Gasteiger partial charge in [0.05, 0.1) is 5.69 Å². The molecule has 0 amide bonds. The lowest BCUT2D eigenvalue weighted by Crippen LogP contribution is -2.16. The molecule has 4 heteroatoms. The van der Waals surface area contributed by atoms with E-state index in [2.05, 4.69) is 39.1 Å². The molecular weight excluding hydrogens is 280 g/mol. The Morgan fingerprint density at radius 3 is 2.67 bits per heavy atom. The first-order valence-electron chi connectivity index (χ1n) is 7.23. The molecule has 2 rings (SSSR count). The fourth-order valence-electron chi connectivity index (χ4n) is 2.18. The van der Waals surface area contributed by atoms with Crippen molar-refractivity contribution in [3.63, 3.8) is 0 Å². The van der Waals surface area contributed by atoms with Gasteiger partial charge in [0.15, 0.2) is 0 Å². The van der Waals surface area contributed by atoms with E-state index in [4.69, 9.17) is 9.72 Å². The topological polar surface area (TPSA) is 34.1 Å². The Hall–Kier alpha value is -1.39. The maximum Gasteiger partial charge on any atom is 0.140 e. The summed E-state index contributed by atoms with van der Waals surface area (Å²) in [7, 11) is 1.97. The molecule has 0 aliphatic rings. The minimum absolute atomic E-state index is 0.0598. The van der Waals surface area contributed by atoms with Crippen LogP contribution in [-0.2, 0) is 18.6 Å². The first-order valence-corrected chi connectivity index (χ1v) is 8.05. The van der Waals surface area contributed by atoms with Crippen LogP contribution in [0.1, 0.15) is 41.9 Å². The summed E-state index contributed by atoms with van der Waals surface area (Å²) < 4.78 is 5.86. The van der Waals surface area contributed by atoms with Crippen LogP contribution in [-0.4, -0.2) is 12.0 Å². The second-order valence-corrected chi connectivity index (χ2v) is 7.43. The second-order valence-electron chi connectivity index (χ2n) is 6.26. The normalized spacial score (nSPS) is 11.7. The molecule has 1 aromatic heterocycles. The molecule has 2 aromatic rings. The highest BCUT2D eigenvalue weighted by Gasteiger charge is 2.22. The summed E-state index contributed by atoms with van der Waals surface area (Å²) in [5.41, 5.74) is 2.44. The van der Waals surface area contributed by atoms with Gasteiger partial charge in [0.25, 0.3) is 0 Å².